The van der Waals surface area contributed by atoms with Crippen LogP contribution >= 0.6 is 0 Å². The quantitative estimate of drug-likeness (QED) is 0.842. The Hall–Kier alpha value is -1.40. The molecule has 1 saturated carbocycles. The van der Waals surface area contributed by atoms with Gasteiger partial charge in [0.2, 0.25) is 0 Å². The second-order valence-corrected chi connectivity index (χ2v) is 7.54. The Labute approximate surface area is 143 Å². The van der Waals surface area contributed by atoms with Crippen molar-refractivity contribution in [2.75, 3.05) is 39.4 Å². The summed E-state index contributed by atoms with van der Waals surface area (Å²) in [6, 6.07) is 2.85. The molecule has 3 heterocycles. The number of nitrogens with zero attached hydrogens (tertiary/aromatic N) is 4. The SMILES string of the molecule is Cc1cc(C(=O)N2CCC(N3CCOCC3)C2)nn1C(C)C1CC1. The number of hydrogen-bond acceptors (Lipinski definition) is 4. The molecule has 3 aliphatic rings. The number of rotatable bonds is 4. The van der Waals surface area contributed by atoms with Crippen molar-refractivity contribution in [1.29, 1.82) is 0 Å². The van der Waals surface area contributed by atoms with E-state index in [2.05, 4.69) is 28.5 Å². The fourth-order valence-electron chi connectivity index (χ4n) is 4.11. The van der Waals surface area contributed by atoms with Crippen molar-refractivity contribution in [2.24, 2.45) is 5.92 Å². The number of aromatic nitrogens is 2. The number of amides is 1. The van der Waals surface area contributed by atoms with Gasteiger partial charge in [0.05, 0.1) is 19.3 Å². The molecule has 6 nitrogen and oxygen atoms in total. The average Bonchev–Trinajstić information content (AvgIpc) is 3.21. The van der Waals surface area contributed by atoms with E-state index in [1.165, 1.54) is 12.8 Å². The summed E-state index contributed by atoms with van der Waals surface area (Å²) in [6.45, 7) is 9.53. The van der Waals surface area contributed by atoms with Crippen LogP contribution in [0.3, 0.4) is 0 Å². The Morgan fingerprint density at radius 2 is 2.00 bits per heavy atom. The summed E-state index contributed by atoms with van der Waals surface area (Å²) in [5.41, 5.74) is 1.71. The van der Waals surface area contributed by atoms with E-state index < -0.39 is 0 Å². The fourth-order valence-corrected chi connectivity index (χ4v) is 4.11. The van der Waals surface area contributed by atoms with Gasteiger partial charge in [-0.3, -0.25) is 14.4 Å². The highest BCUT2D eigenvalue weighted by molar-refractivity contribution is 5.92. The van der Waals surface area contributed by atoms with Gasteiger partial charge in [0, 0.05) is 37.9 Å². The molecular formula is C18H28N4O2. The normalized spacial score (nSPS) is 26.8. The monoisotopic (exact) mass is 332 g/mol. The van der Waals surface area contributed by atoms with E-state index in [-0.39, 0.29) is 5.91 Å². The number of carbonyl (C=O) groups is 1. The molecule has 1 aromatic rings. The lowest BCUT2D eigenvalue weighted by molar-refractivity contribution is 0.0185. The van der Waals surface area contributed by atoms with Crippen LogP contribution in [-0.4, -0.2) is 70.9 Å². The van der Waals surface area contributed by atoms with E-state index in [0.717, 1.165) is 57.4 Å². The van der Waals surface area contributed by atoms with Crippen molar-refractivity contribution in [3.8, 4) is 0 Å². The van der Waals surface area contributed by atoms with Crippen LogP contribution in [0.15, 0.2) is 6.07 Å². The molecule has 2 saturated heterocycles. The molecule has 0 radical (unpaired) electrons. The minimum atomic E-state index is 0.0932. The minimum absolute atomic E-state index is 0.0932. The molecule has 4 rings (SSSR count). The molecule has 6 heteroatoms. The molecule has 2 aliphatic heterocycles. The largest absolute Gasteiger partial charge is 0.379 e. The van der Waals surface area contributed by atoms with Crippen molar-refractivity contribution in [3.63, 3.8) is 0 Å². The molecule has 1 amide bonds. The lowest BCUT2D eigenvalue weighted by Gasteiger charge is -2.31. The van der Waals surface area contributed by atoms with Crippen LogP contribution in [0, 0.1) is 12.8 Å². The highest BCUT2D eigenvalue weighted by Gasteiger charge is 2.34. The summed E-state index contributed by atoms with van der Waals surface area (Å²) in [5.74, 6) is 0.833. The maximum absolute atomic E-state index is 12.9. The fraction of sp³-hybridized carbons (Fsp3) is 0.778. The highest BCUT2D eigenvalue weighted by atomic mass is 16.5. The van der Waals surface area contributed by atoms with Crippen LogP contribution in [0.5, 0.6) is 0 Å². The number of ether oxygens (including phenoxy) is 1. The molecule has 0 aromatic carbocycles. The van der Waals surface area contributed by atoms with Gasteiger partial charge in [-0.25, -0.2) is 0 Å². The zero-order valence-corrected chi connectivity index (χ0v) is 14.8. The van der Waals surface area contributed by atoms with Gasteiger partial charge in [-0.2, -0.15) is 5.10 Å². The predicted molar refractivity (Wildman–Crippen MR) is 91.1 cm³/mol. The molecule has 1 aromatic heterocycles. The van der Waals surface area contributed by atoms with Crippen molar-refractivity contribution in [1.82, 2.24) is 19.6 Å². The van der Waals surface area contributed by atoms with Gasteiger partial charge < -0.3 is 9.64 Å². The number of morpholine rings is 1. The average molecular weight is 332 g/mol. The van der Waals surface area contributed by atoms with E-state index in [4.69, 9.17) is 4.74 Å². The van der Waals surface area contributed by atoms with E-state index in [1.807, 2.05) is 11.0 Å². The van der Waals surface area contributed by atoms with E-state index in [0.29, 0.717) is 17.8 Å². The van der Waals surface area contributed by atoms with Gasteiger partial charge in [-0.1, -0.05) is 0 Å². The molecule has 3 fully saturated rings. The Morgan fingerprint density at radius 3 is 2.71 bits per heavy atom. The van der Waals surface area contributed by atoms with Crippen LogP contribution in [-0.2, 0) is 4.74 Å². The minimum Gasteiger partial charge on any atom is -0.379 e. The third kappa shape index (κ3) is 3.09. The number of aryl methyl sites for hydroxylation is 1. The first-order valence-corrected chi connectivity index (χ1v) is 9.30. The van der Waals surface area contributed by atoms with Crippen LogP contribution in [0.1, 0.15) is 48.4 Å². The molecule has 132 valence electrons. The maximum Gasteiger partial charge on any atom is 0.274 e. The third-order valence-corrected chi connectivity index (χ3v) is 5.84. The van der Waals surface area contributed by atoms with Crippen LogP contribution < -0.4 is 0 Å². The van der Waals surface area contributed by atoms with Crippen LogP contribution in [0.25, 0.3) is 0 Å². The Morgan fingerprint density at radius 1 is 1.25 bits per heavy atom. The Balaban J connectivity index is 1.41. The van der Waals surface area contributed by atoms with Gasteiger partial charge in [-0.05, 0) is 45.1 Å². The van der Waals surface area contributed by atoms with Crippen molar-refractivity contribution in [2.45, 2.75) is 45.2 Å². The maximum atomic E-state index is 12.9. The molecule has 24 heavy (non-hydrogen) atoms. The van der Waals surface area contributed by atoms with Crippen molar-refractivity contribution in [3.05, 3.63) is 17.5 Å². The highest BCUT2D eigenvalue weighted by Crippen LogP contribution is 2.39. The standard InChI is InChI=1S/C18H28N4O2/c1-13-11-17(19-22(13)14(2)15-3-4-15)18(23)21-6-5-16(12-21)20-7-9-24-10-8-20/h11,14-16H,3-10,12H2,1-2H3. The Kier molecular flexibility index (Phi) is 4.35. The predicted octanol–water partition coefficient (Wildman–Crippen LogP) is 1.71. The number of hydrogen-bond donors (Lipinski definition) is 0. The Bertz CT molecular complexity index is 604. The summed E-state index contributed by atoms with van der Waals surface area (Å²) in [6.07, 6.45) is 3.64. The molecular weight excluding hydrogens is 304 g/mol. The van der Waals surface area contributed by atoms with E-state index in [9.17, 15) is 4.79 Å². The lowest BCUT2D eigenvalue weighted by atomic mass is 10.2. The summed E-state index contributed by atoms with van der Waals surface area (Å²) in [7, 11) is 0. The second-order valence-electron chi connectivity index (χ2n) is 7.54. The zero-order valence-electron chi connectivity index (χ0n) is 14.8. The first-order chi connectivity index (χ1) is 11.6. The zero-order chi connectivity index (χ0) is 16.7. The molecule has 0 spiro atoms. The number of likely N-dealkylation sites (tertiary alicyclic amines) is 1. The van der Waals surface area contributed by atoms with Gasteiger partial charge in [-0.15, -0.1) is 0 Å². The van der Waals surface area contributed by atoms with Gasteiger partial charge in [0.1, 0.15) is 0 Å². The number of carbonyl (C=O) groups excluding carboxylic acids is 1. The summed E-state index contributed by atoms with van der Waals surface area (Å²) < 4.78 is 7.49. The topological polar surface area (TPSA) is 50.6 Å². The summed E-state index contributed by atoms with van der Waals surface area (Å²) in [5, 5.41) is 4.64. The van der Waals surface area contributed by atoms with Gasteiger partial charge in [0.15, 0.2) is 5.69 Å². The van der Waals surface area contributed by atoms with E-state index in [1.54, 1.807) is 0 Å². The summed E-state index contributed by atoms with van der Waals surface area (Å²) >= 11 is 0. The van der Waals surface area contributed by atoms with Crippen LogP contribution in [0.2, 0.25) is 0 Å². The second kappa shape index (κ2) is 6.48. The summed E-state index contributed by atoms with van der Waals surface area (Å²) in [4.78, 5) is 17.3. The third-order valence-electron chi connectivity index (χ3n) is 5.84. The van der Waals surface area contributed by atoms with Crippen molar-refractivity contribution < 1.29 is 9.53 Å². The first kappa shape index (κ1) is 16.1. The molecule has 0 N–H and O–H groups in total. The molecule has 1 aliphatic carbocycles. The van der Waals surface area contributed by atoms with Crippen LogP contribution in [0.4, 0.5) is 0 Å². The van der Waals surface area contributed by atoms with E-state index >= 15 is 0 Å². The molecule has 2 unspecified atom stereocenters. The molecule has 0 bridgehead atoms. The molecule has 2 atom stereocenters. The van der Waals surface area contributed by atoms with Crippen molar-refractivity contribution >= 4 is 5.91 Å². The van der Waals surface area contributed by atoms with Gasteiger partial charge >= 0.3 is 0 Å². The smallest absolute Gasteiger partial charge is 0.274 e. The lowest BCUT2D eigenvalue weighted by Crippen LogP contribution is -2.45. The first-order valence-electron chi connectivity index (χ1n) is 9.30. The van der Waals surface area contributed by atoms with Gasteiger partial charge in [0.25, 0.3) is 5.91 Å².